The molecular weight excluding hydrogens is 328 g/mol. The molecule has 0 atom stereocenters. The lowest BCUT2D eigenvalue weighted by Crippen LogP contribution is -2.49. The fourth-order valence-corrected chi connectivity index (χ4v) is 3.84. The summed E-state index contributed by atoms with van der Waals surface area (Å²) in [6, 6.07) is 6.00. The highest BCUT2D eigenvalue weighted by Crippen LogP contribution is 2.22. The van der Waals surface area contributed by atoms with Crippen molar-refractivity contribution in [2.45, 2.75) is 19.3 Å². The Morgan fingerprint density at radius 1 is 1.04 bits per heavy atom. The number of aryl methyl sites for hydroxylation is 2. The summed E-state index contributed by atoms with van der Waals surface area (Å²) in [6.45, 7) is 2.94. The second-order valence-corrected chi connectivity index (χ2v) is 6.88. The third kappa shape index (κ3) is 2.60. The Bertz CT molecular complexity index is 973. The van der Waals surface area contributed by atoms with Crippen LogP contribution in [0, 0.1) is 0 Å². The summed E-state index contributed by atoms with van der Waals surface area (Å²) >= 11 is 0. The van der Waals surface area contributed by atoms with Crippen molar-refractivity contribution in [3.63, 3.8) is 0 Å². The van der Waals surface area contributed by atoms with Crippen molar-refractivity contribution in [3.05, 3.63) is 53.6 Å². The summed E-state index contributed by atoms with van der Waals surface area (Å²) in [5.74, 6) is 1.01. The first kappa shape index (κ1) is 15.3. The van der Waals surface area contributed by atoms with Crippen LogP contribution in [0.2, 0.25) is 0 Å². The maximum atomic E-state index is 12.8. The highest BCUT2D eigenvalue weighted by atomic mass is 16.2. The van der Waals surface area contributed by atoms with Crippen LogP contribution in [-0.4, -0.2) is 56.6 Å². The second kappa shape index (κ2) is 6.09. The number of rotatable bonds is 2. The minimum Gasteiger partial charge on any atom is -0.352 e. The van der Waals surface area contributed by atoms with Crippen molar-refractivity contribution in [2.75, 3.05) is 31.1 Å². The van der Waals surface area contributed by atoms with Gasteiger partial charge in [0.1, 0.15) is 5.82 Å². The van der Waals surface area contributed by atoms with E-state index in [-0.39, 0.29) is 5.91 Å². The van der Waals surface area contributed by atoms with Gasteiger partial charge in [-0.25, -0.2) is 9.50 Å². The van der Waals surface area contributed by atoms with Crippen LogP contribution in [0.3, 0.4) is 0 Å². The minimum absolute atomic E-state index is 0.0878. The van der Waals surface area contributed by atoms with E-state index in [1.807, 2.05) is 29.3 Å². The van der Waals surface area contributed by atoms with E-state index in [1.165, 1.54) is 5.56 Å². The van der Waals surface area contributed by atoms with Crippen LogP contribution in [0.1, 0.15) is 28.0 Å². The first-order chi connectivity index (χ1) is 12.8. The minimum atomic E-state index is 0.0878. The van der Waals surface area contributed by atoms with Crippen LogP contribution in [-0.2, 0) is 12.8 Å². The molecule has 7 nitrogen and oxygen atoms in total. The lowest BCUT2D eigenvalue weighted by molar-refractivity contribution is 0.0746. The maximum Gasteiger partial charge on any atom is 0.255 e. The molecule has 3 aromatic heterocycles. The van der Waals surface area contributed by atoms with Crippen molar-refractivity contribution < 1.29 is 4.79 Å². The number of amides is 1. The number of hydrogen-bond acceptors (Lipinski definition) is 5. The number of hydrogen-bond donors (Lipinski definition) is 0. The smallest absolute Gasteiger partial charge is 0.255 e. The van der Waals surface area contributed by atoms with Gasteiger partial charge in [-0.1, -0.05) is 0 Å². The lowest BCUT2D eigenvalue weighted by Gasteiger charge is -2.35. The van der Waals surface area contributed by atoms with E-state index in [9.17, 15) is 4.79 Å². The maximum absolute atomic E-state index is 12.8. The molecule has 26 heavy (non-hydrogen) atoms. The first-order valence-electron chi connectivity index (χ1n) is 9.10. The largest absolute Gasteiger partial charge is 0.352 e. The van der Waals surface area contributed by atoms with Crippen molar-refractivity contribution >= 4 is 17.4 Å². The van der Waals surface area contributed by atoms with Gasteiger partial charge in [-0.3, -0.25) is 9.78 Å². The van der Waals surface area contributed by atoms with E-state index in [1.54, 1.807) is 16.9 Å². The number of fused-ring (bicyclic) bond motifs is 2. The quantitative estimate of drug-likeness (QED) is 0.703. The number of nitrogens with zero attached hydrogens (tertiary/aromatic N) is 6. The zero-order valence-corrected chi connectivity index (χ0v) is 14.5. The molecule has 132 valence electrons. The molecule has 0 aromatic carbocycles. The second-order valence-electron chi connectivity index (χ2n) is 6.88. The van der Waals surface area contributed by atoms with E-state index in [2.05, 4.69) is 20.0 Å². The molecule has 0 unspecified atom stereocenters. The van der Waals surface area contributed by atoms with Crippen LogP contribution < -0.4 is 4.90 Å². The Kier molecular flexibility index (Phi) is 3.58. The number of anilines is 1. The Balaban J connectivity index is 1.28. The fraction of sp³-hybridized carbons (Fsp3) is 0.368. The molecule has 0 spiro atoms. The van der Waals surface area contributed by atoms with Gasteiger partial charge in [-0.2, -0.15) is 0 Å². The summed E-state index contributed by atoms with van der Waals surface area (Å²) in [5, 5.41) is 4.59. The summed E-state index contributed by atoms with van der Waals surface area (Å²) in [4.78, 5) is 25.7. The van der Waals surface area contributed by atoms with Crippen molar-refractivity contribution in [3.8, 4) is 0 Å². The predicted octanol–water partition coefficient (Wildman–Crippen LogP) is 1.58. The van der Waals surface area contributed by atoms with E-state index in [0.29, 0.717) is 13.1 Å². The SMILES string of the molecule is O=C(c1cnc2c(c1)CCC2)N1CCN(c2ccc3nccn3n2)CC1. The van der Waals surface area contributed by atoms with Gasteiger partial charge in [0.25, 0.3) is 5.91 Å². The first-order valence-corrected chi connectivity index (χ1v) is 9.10. The molecule has 2 aliphatic rings. The normalized spacial score (nSPS) is 16.9. The van der Waals surface area contributed by atoms with Gasteiger partial charge in [0, 0.05) is 50.5 Å². The van der Waals surface area contributed by atoms with Gasteiger partial charge in [0.2, 0.25) is 0 Å². The van der Waals surface area contributed by atoms with Crippen molar-refractivity contribution in [1.82, 2.24) is 24.5 Å². The third-order valence-electron chi connectivity index (χ3n) is 5.30. The van der Waals surface area contributed by atoms with Crippen molar-refractivity contribution in [1.29, 1.82) is 0 Å². The molecule has 3 aromatic rings. The zero-order chi connectivity index (χ0) is 17.5. The molecule has 1 aliphatic carbocycles. The Labute approximate surface area is 151 Å². The van der Waals surface area contributed by atoms with E-state index in [4.69, 9.17) is 0 Å². The van der Waals surface area contributed by atoms with Crippen LogP contribution >= 0.6 is 0 Å². The summed E-state index contributed by atoms with van der Waals surface area (Å²) in [7, 11) is 0. The molecule has 1 fully saturated rings. The predicted molar refractivity (Wildman–Crippen MR) is 97.4 cm³/mol. The van der Waals surface area contributed by atoms with Crippen LogP contribution in [0.4, 0.5) is 5.82 Å². The molecule has 0 radical (unpaired) electrons. The number of pyridine rings is 1. The van der Waals surface area contributed by atoms with Crippen LogP contribution in [0.15, 0.2) is 36.8 Å². The number of carbonyl (C=O) groups is 1. The third-order valence-corrected chi connectivity index (χ3v) is 5.30. The van der Waals surface area contributed by atoms with Crippen LogP contribution in [0.25, 0.3) is 5.65 Å². The molecule has 1 amide bonds. The number of piperazine rings is 1. The lowest BCUT2D eigenvalue weighted by atomic mass is 10.1. The van der Waals surface area contributed by atoms with Gasteiger partial charge < -0.3 is 9.80 Å². The van der Waals surface area contributed by atoms with E-state index >= 15 is 0 Å². The average molecular weight is 348 g/mol. The van der Waals surface area contributed by atoms with Gasteiger partial charge in [-0.05, 0) is 43.0 Å². The highest BCUT2D eigenvalue weighted by molar-refractivity contribution is 5.94. The summed E-state index contributed by atoms with van der Waals surface area (Å²) < 4.78 is 1.78. The molecule has 1 saturated heterocycles. The molecule has 0 N–H and O–H groups in total. The highest BCUT2D eigenvalue weighted by Gasteiger charge is 2.24. The Morgan fingerprint density at radius 3 is 2.81 bits per heavy atom. The number of carbonyl (C=O) groups excluding carboxylic acids is 1. The van der Waals surface area contributed by atoms with Gasteiger partial charge in [-0.15, -0.1) is 5.10 Å². The van der Waals surface area contributed by atoms with Crippen LogP contribution in [0.5, 0.6) is 0 Å². The van der Waals surface area contributed by atoms with E-state index in [0.717, 1.165) is 55.1 Å². The number of aromatic nitrogens is 4. The number of imidazole rings is 1. The molecular formula is C19H20N6O. The molecule has 1 aliphatic heterocycles. The average Bonchev–Trinajstić information content (AvgIpc) is 3.35. The molecule has 0 bridgehead atoms. The Hall–Kier alpha value is -2.96. The molecule has 0 saturated carbocycles. The molecule has 4 heterocycles. The standard InChI is InChI=1S/C19H20N6O/c26-19(15-12-14-2-1-3-16(14)21-13-15)24-10-8-23(9-11-24)18-5-4-17-20-6-7-25(17)22-18/h4-7,12-13H,1-3,8-11H2. The fourth-order valence-electron chi connectivity index (χ4n) is 3.84. The van der Waals surface area contributed by atoms with Crippen molar-refractivity contribution in [2.24, 2.45) is 0 Å². The van der Waals surface area contributed by atoms with Gasteiger partial charge in [0.15, 0.2) is 5.65 Å². The molecule has 5 rings (SSSR count). The van der Waals surface area contributed by atoms with Gasteiger partial charge >= 0.3 is 0 Å². The topological polar surface area (TPSA) is 66.6 Å². The Morgan fingerprint density at radius 2 is 1.92 bits per heavy atom. The molecule has 7 heteroatoms. The van der Waals surface area contributed by atoms with E-state index < -0.39 is 0 Å². The monoisotopic (exact) mass is 348 g/mol. The summed E-state index contributed by atoms with van der Waals surface area (Å²) in [6.07, 6.45) is 8.56. The zero-order valence-electron chi connectivity index (χ0n) is 14.5. The summed E-state index contributed by atoms with van der Waals surface area (Å²) in [5.41, 5.74) is 3.96. The van der Waals surface area contributed by atoms with Gasteiger partial charge in [0.05, 0.1) is 5.56 Å².